The van der Waals surface area contributed by atoms with Crippen molar-refractivity contribution >= 4 is 56.3 Å². The number of fused-ring (bicyclic) bond motifs is 2. The fourth-order valence-corrected chi connectivity index (χ4v) is 8.89. The third kappa shape index (κ3) is 4.10. The Balaban J connectivity index is 2.17. The van der Waals surface area contributed by atoms with Crippen molar-refractivity contribution in [2.45, 2.75) is 18.0 Å². The average Bonchev–Trinajstić information content (AvgIpc) is 2.73. The van der Waals surface area contributed by atoms with E-state index in [1.54, 1.807) is 6.07 Å². The molecule has 2 aliphatic rings. The van der Waals surface area contributed by atoms with E-state index in [0.29, 0.717) is 10.0 Å². The highest BCUT2D eigenvalue weighted by molar-refractivity contribution is 9.10. The van der Waals surface area contributed by atoms with Gasteiger partial charge < -0.3 is 4.90 Å². The van der Waals surface area contributed by atoms with Gasteiger partial charge in [0.25, 0.3) is 10.1 Å². The molecule has 0 aromatic heterocycles. The molecule has 1 heterocycles. The Kier molecular flexibility index (Phi) is 5.93. The van der Waals surface area contributed by atoms with Gasteiger partial charge in [0, 0.05) is 42.0 Å². The number of allylic oxidation sites excluding steroid dienone is 5. The summed E-state index contributed by atoms with van der Waals surface area (Å²) in [6.45, 7) is 4.68. The van der Waals surface area contributed by atoms with Gasteiger partial charge in [-0.25, -0.2) is 4.58 Å². The molecule has 0 radical (unpaired) electrons. The highest BCUT2D eigenvalue weighted by atomic mass is 79.9. The van der Waals surface area contributed by atoms with Crippen LogP contribution < -0.4 is 10.1 Å². The van der Waals surface area contributed by atoms with E-state index < -0.39 is 18.2 Å². The Labute approximate surface area is 205 Å². The van der Waals surface area contributed by atoms with Gasteiger partial charge >= 0.3 is 0 Å². The zero-order valence-electron chi connectivity index (χ0n) is 19.6. The highest BCUT2D eigenvalue weighted by Crippen LogP contribution is 2.43. The van der Waals surface area contributed by atoms with Gasteiger partial charge in [0.05, 0.1) is 0 Å². The molecule has 0 atom stereocenters. The molecule has 33 heavy (non-hydrogen) atoms. The van der Waals surface area contributed by atoms with Crippen LogP contribution in [-0.4, -0.2) is 59.5 Å². The third-order valence-electron chi connectivity index (χ3n) is 6.42. The van der Waals surface area contributed by atoms with Crippen molar-refractivity contribution in [2.75, 3.05) is 33.1 Å². The lowest BCUT2D eigenvalue weighted by atomic mass is 9.89. The maximum Gasteiger partial charge on any atom is 0.295 e. The van der Waals surface area contributed by atoms with E-state index in [2.05, 4.69) is 74.9 Å². The van der Waals surface area contributed by atoms with Crippen molar-refractivity contribution in [1.82, 2.24) is 0 Å². The second-order valence-electron chi connectivity index (χ2n) is 9.36. The largest absolute Gasteiger partial charge is 0.378 e. The summed E-state index contributed by atoms with van der Waals surface area (Å²) in [5.74, 6) is 0. The highest BCUT2D eigenvalue weighted by Gasteiger charge is 2.41. The Morgan fingerprint density at radius 1 is 1.00 bits per heavy atom. The molecule has 2 aromatic carbocycles. The number of hydrogen-bond donors (Lipinski definition) is 1. The van der Waals surface area contributed by atoms with Gasteiger partial charge in [0.15, 0.2) is 5.71 Å². The van der Waals surface area contributed by atoms with Gasteiger partial charge in [-0.15, -0.1) is 0 Å². The molecule has 8 heteroatoms. The first-order valence-electron chi connectivity index (χ1n) is 10.6. The second-order valence-corrected chi connectivity index (χ2v) is 16.0. The van der Waals surface area contributed by atoms with E-state index in [1.807, 2.05) is 34.3 Å². The summed E-state index contributed by atoms with van der Waals surface area (Å²) in [6.07, 6.45) is 6.39. The molecule has 1 aliphatic carbocycles. The summed E-state index contributed by atoms with van der Waals surface area (Å²) < 4.78 is 37.6. The van der Waals surface area contributed by atoms with Gasteiger partial charge in [-0.1, -0.05) is 41.2 Å². The van der Waals surface area contributed by atoms with E-state index in [4.69, 9.17) is 0 Å². The van der Waals surface area contributed by atoms with Crippen LogP contribution >= 0.6 is 15.9 Å². The SMILES string of the molecule is CN(C)c1ccc2c(c1)[Si](C)(C)C1=CC(=[N+](C)C)C=CC1=C2c1ccc(Br)cc1S(=O)(=O)O. The van der Waals surface area contributed by atoms with Crippen molar-refractivity contribution < 1.29 is 17.5 Å². The fourth-order valence-electron chi connectivity index (χ4n) is 4.59. The van der Waals surface area contributed by atoms with Crippen LogP contribution in [0.15, 0.2) is 74.8 Å². The van der Waals surface area contributed by atoms with Crippen LogP contribution in [0.25, 0.3) is 5.57 Å². The van der Waals surface area contributed by atoms with Gasteiger partial charge in [-0.2, -0.15) is 8.42 Å². The number of halogens is 1. The predicted octanol–water partition coefficient (Wildman–Crippen LogP) is 4.24. The summed E-state index contributed by atoms with van der Waals surface area (Å²) in [4.78, 5) is 1.98. The Morgan fingerprint density at radius 3 is 2.27 bits per heavy atom. The zero-order valence-corrected chi connectivity index (χ0v) is 23.0. The van der Waals surface area contributed by atoms with Crippen molar-refractivity contribution in [3.8, 4) is 0 Å². The summed E-state index contributed by atoms with van der Waals surface area (Å²) >= 11 is 3.36. The molecule has 4 rings (SSSR count). The topological polar surface area (TPSA) is 60.6 Å². The second kappa shape index (κ2) is 8.20. The minimum atomic E-state index is -4.44. The van der Waals surface area contributed by atoms with Gasteiger partial charge in [0.2, 0.25) is 0 Å². The molecular formula is C25H28BrN2O3SSi+. The molecule has 2 aromatic rings. The van der Waals surface area contributed by atoms with Crippen LogP contribution in [0.5, 0.6) is 0 Å². The summed E-state index contributed by atoms with van der Waals surface area (Å²) in [5, 5.41) is 2.49. The minimum absolute atomic E-state index is 0.0986. The van der Waals surface area contributed by atoms with E-state index in [0.717, 1.165) is 28.1 Å². The van der Waals surface area contributed by atoms with E-state index in [1.165, 1.54) is 16.4 Å². The number of nitrogens with zero attached hydrogens (tertiary/aromatic N) is 2. The fraction of sp³-hybridized carbons (Fsp3) is 0.240. The first-order valence-corrected chi connectivity index (χ1v) is 15.8. The van der Waals surface area contributed by atoms with Gasteiger partial charge in [0.1, 0.15) is 27.1 Å². The number of rotatable bonds is 3. The Morgan fingerprint density at radius 2 is 1.67 bits per heavy atom. The van der Waals surface area contributed by atoms with Crippen molar-refractivity contribution in [3.63, 3.8) is 0 Å². The first kappa shape index (κ1) is 23.9. The van der Waals surface area contributed by atoms with E-state index >= 15 is 0 Å². The van der Waals surface area contributed by atoms with Gasteiger partial charge in [-0.3, -0.25) is 4.55 Å². The van der Waals surface area contributed by atoms with Crippen LogP contribution in [0.2, 0.25) is 13.1 Å². The molecule has 5 nitrogen and oxygen atoms in total. The lowest BCUT2D eigenvalue weighted by Crippen LogP contribution is -2.49. The van der Waals surface area contributed by atoms with Crippen LogP contribution in [0.4, 0.5) is 5.69 Å². The lowest BCUT2D eigenvalue weighted by Gasteiger charge is -2.38. The molecule has 0 bridgehead atoms. The van der Waals surface area contributed by atoms with Crippen LogP contribution in [-0.2, 0) is 10.1 Å². The molecule has 172 valence electrons. The maximum atomic E-state index is 12.4. The number of hydrogen-bond acceptors (Lipinski definition) is 3. The first-order chi connectivity index (χ1) is 15.3. The lowest BCUT2D eigenvalue weighted by molar-refractivity contribution is -0.462. The third-order valence-corrected chi connectivity index (χ3v) is 11.3. The molecule has 0 unspecified atom stereocenters. The molecular weight excluding hydrogens is 516 g/mol. The van der Waals surface area contributed by atoms with Gasteiger partial charge in [-0.05, 0) is 57.4 Å². The predicted molar refractivity (Wildman–Crippen MR) is 142 cm³/mol. The van der Waals surface area contributed by atoms with Crippen LogP contribution in [0.1, 0.15) is 11.1 Å². The summed E-state index contributed by atoms with van der Waals surface area (Å²) in [7, 11) is 1.51. The normalized spacial score (nSPS) is 16.8. The maximum absolute atomic E-state index is 12.4. The van der Waals surface area contributed by atoms with E-state index in [-0.39, 0.29) is 4.90 Å². The molecule has 0 fully saturated rings. The van der Waals surface area contributed by atoms with Crippen LogP contribution in [0.3, 0.4) is 0 Å². The van der Waals surface area contributed by atoms with E-state index in [9.17, 15) is 13.0 Å². The van der Waals surface area contributed by atoms with Crippen molar-refractivity contribution in [2.24, 2.45) is 0 Å². The summed E-state index contributed by atoms with van der Waals surface area (Å²) in [5.41, 5.74) is 5.59. The van der Waals surface area contributed by atoms with Crippen LogP contribution in [0, 0.1) is 0 Å². The average molecular weight is 545 g/mol. The number of benzene rings is 2. The molecule has 1 aliphatic heterocycles. The Bertz CT molecular complexity index is 1410. The van der Waals surface area contributed by atoms with Crippen molar-refractivity contribution in [1.29, 1.82) is 0 Å². The Hall–Kier alpha value is -2.26. The number of anilines is 1. The zero-order chi connectivity index (χ0) is 24.3. The molecule has 0 saturated heterocycles. The molecule has 0 amide bonds. The molecule has 1 N–H and O–H groups in total. The smallest absolute Gasteiger partial charge is 0.295 e. The monoisotopic (exact) mass is 543 g/mol. The van der Waals surface area contributed by atoms with Crippen molar-refractivity contribution in [3.05, 3.63) is 81.0 Å². The standard InChI is InChI=1S/C25H27BrN2O3SSi/c1-27(2)17-8-11-20-23(14-17)33(5,6)24-15-18(28(3)4)9-12-21(24)25(20)19-10-7-16(26)13-22(19)32(29,30)31/h7-15H,1-6H3/p+1. The summed E-state index contributed by atoms with van der Waals surface area (Å²) in [6, 6.07) is 11.4. The minimum Gasteiger partial charge on any atom is -0.378 e. The molecule has 0 spiro atoms. The molecule has 0 saturated carbocycles. The quantitative estimate of drug-likeness (QED) is 0.357.